The van der Waals surface area contributed by atoms with E-state index in [0.717, 1.165) is 5.56 Å². The molecule has 1 N–H and O–H groups in total. The lowest BCUT2D eigenvalue weighted by atomic mass is 10.2. The topological polar surface area (TPSA) is 81.4 Å². The van der Waals surface area contributed by atoms with Crippen molar-refractivity contribution in [1.82, 2.24) is 25.1 Å². The van der Waals surface area contributed by atoms with Crippen LogP contribution in [0.5, 0.6) is 5.88 Å². The molecule has 3 aromatic rings. The van der Waals surface area contributed by atoms with Crippen molar-refractivity contribution in [3.8, 4) is 5.88 Å². The second-order valence-corrected chi connectivity index (χ2v) is 5.89. The molecule has 3 rings (SSSR count). The second-order valence-electron chi connectivity index (χ2n) is 5.48. The number of aryl methyl sites for hydroxylation is 1. The van der Waals surface area contributed by atoms with Crippen LogP contribution in [0.15, 0.2) is 36.4 Å². The highest BCUT2D eigenvalue weighted by molar-refractivity contribution is 6.31. The van der Waals surface area contributed by atoms with Gasteiger partial charge in [0.1, 0.15) is 0 Å². The summed E-state index contributed by atoms with van der Waals surface area (Å²) in [7, 11) is 1.56. The Hall–Kier alpha value is -2.67. The van der Waals surface area contributed by atoms with E-state index in [1.807, 2.05) is 18.2 Å². The summed E-state index contributed by atoms with van der Waals surface area (Å²) in [6.45, 7) is 0.422. The predicted molar refractivity (Wildman–Crippen MR) is 93.6 cm³/mol. The summed E-state index contributed by atoms with van der Waals surface area (Å²) in [5, 5.41) is 16.0. The third-order valence-corrected chi connectivity index (χ3v) is 4.12. The van der Waals surface area contributed by atoms with Crippen LogP contribution in [0, 0.1) is 0 Å². The first-order valence-corrected chi connectivity index (χ1v) is 8.30. The van der Waals surface area contributed by atoms with Gasteiger partial charge in [-0.25, -0.2) is 0 Å². The van der Waals surface area contributed by atoms with Crippen molar-refractivity contribution in [2.24, 2.45) is 0 Å². The second kappa shape index (κ2) is 7.94. The van der Waals surface area contributed by atoms with Crippen LogP contribution in [0.4, 0.5) is 0 Å². The third kappa shape index (κ3) is 4.24. The molecule has 7 nitrogen and oxygen atoms in total. The molecule has 0 unspecified atom stereocenters. The molecule has 25 heavy (non-hydrogen) atoms. The van der Waals surface area contributed by atoms with Gasteiger partial charge in [-0.15, -0.1) is 15.3 Å². The minimum absolute atomic E-state index is 0.0284. The maximum atomic E-state index is 12.0. The molecule has 2 aromatic heterocycles. The average Bonchev–Trinajstić information content (AvgIpc) is 3.03. The van der Waals surface area contributed by atoms with E-state index in [2.05, 4.69) is 20.6 Å². The number of ether oxygens (including phenoxy) is 1. The normalized spacial score (nSPS) is 10.8. The van der Waals surface area contributed by atoms with Crippen LogP contribution in [0.1, 0.15) is 24.2 Å². The Morgan fingerprint density at radius 3 is 2.88 bits per heavy atom. The largest absolute Gasteiger partial charge is 0.480 e. The van der Waals surface area contributed by atoms with Gasteiger partial charge in [-0.05, 0) is 24.1 Å². The number of carbonyl (C=O) groups is 1. The minimum Gasteiger partial charge on any atom is -0.480 e. The zero-order chi connectivity index (χ0) is 17.6. The van der Waals surface area contributed by atoms with Gasteiger partial charge >= 0.3 is 0 Å². The van der Waals surface area contributed by atoms with Gasteiger partial charge in [-0.1, -0.05) is 29.8 Å². The molecule has 8 heteroatoms. The Labute approximate surface area is 150 Å². The Morgan fingerprint density at radius 1 is 1.24 bits per heavy atom. The molecule has 1 amide bonds. The number of halogens is 1. The number of amides is 1. The fraction of sp³-hybridized carbons (Fsp3) is 0.294. The van der Waals surface area contributed by atoms with Crippen molar-refractivity contribution in [1.29, 1.82) is 0 Å². The number of hydrogen-bond acceptors (Lipinski definition) is 5. The molecule has 2 heterocycles. The van der Waals surface area contributed by atoms with E-state index >= 15 is 0 Å². The van der Waals surface area contributed by atoms with Crippen LogP contribution in [-0.4, -0.2) is 32.8 Å². The van der Waals surface area contributed by atoms with Gasteiger partial charge in [0.2, 0.25) is 11.8 Å². The zero-order valence-electron chi connectivity index (χ0n) is 13.8. The highest BCUT2D eigenvalue weighted by atomic mass is 35.5. The van der Waals surface area contributed by atoms with Gasteiger partial charge in [0.25, 0.3) is 0 Å². The van der Waals surface area contributed by atoms with E-state index in [1.54, 1.807) is 29.8 Å². The molecule has 0 bridgehead atoms. The quantitative estimate of drug-likeness (QED) is 0.700. The Balaban J connectivity index is 1.51. The van der Waals surface area contributed by atoms with Crippen LogP contribution in [-0.2, 0) is 17.8 Å². The summed E-state index contributed by atoms with van der Waals surface area (Å²) in [4.78, 5) is 12.0. The fourth-order valence-electron chi connectivity index (χ4n) is 2.41. The molecule has 0 aliphatic heterocycles. The van der Waals surface area contributed by atoms with Gasteiger partial charge in [0.15, 0.2) is 11.5 Å². The molecule has 130 valence electrons. The highest BCUT2D eigenvalue weighted by Crippen LogP contribution is 2.14. The summed E-state index contributed by atoms with van der Waals surface area (Å²) < 4.78 is 6.75. The van der Waals surface area contributed by atoms with Crippen molar-refractivity contribution in [3.05, 3.63) is 52.8 Å². The monoisotopic (exact) mass is 359 g/mol. The summed E-state index contributed by atoms with van der Waals surface area (Å²) >= 11 is 6.07. The number of hydrogen-bond donors (Lipinski definition) is 1. The maximum Gasteiger partial charge on any atom is 0.231 e. The van der Waals surface area contributed by atoms with E-state index in [4.69, 9.17) is 16.3 Å². The maximum absolute atomic E-state index is 12.0. The minimum atomic E-state index is -0.0284. The molecule has 0 atom stereocenters. The number of aromatic nitrogens is 4. The number of methoxy groups -OCH3 is 1. The molecule has 0 spiro atoms. The van der Waals surface area contributed by atoms with E-state index in [0.29, 0.717) is 48.2 Å². The number of carbonyl (C=O) groups excluding carboxylic acids is 1. The van der Waals surface area contributed by atoms with Crippen molar-refractivity contribution >= 4 is 23.2 Å². The summed E-state index contributed by atoms with van der Waals surface area (Å²) in [5.41, 5.74) is 1.55. The Morgan fingerprint density at radius 2 is 2.08 bits per heavy atom. The van der Waals surface area contributed by atoms with Crippen LogP contribution in [0.2, 0.25) is 5.02 Å². The smallest absolute Gasteiger partial charge is 0.231 e. The van der Waals surface area contributed by atoms with Crippen LogP contribution < -0.4 is 10.1 Å². The molecule has 0 aliphatic rings. The average molecular weight is 360 g/mol. The lowest BCUT2D eigenvalue weighted by Crippen LogP contribution is -2.22. The number of nitrogens with zero attached hydrogens (tertiary/aromatic N) is 4. The van der Waals surface area contributed by atoms with Crippen LogP contribution in [0.25, 0.3) is 5.65 Å². The fourth-order valence-corrected chi connectivity index (χ4v) is 2.61. The SMILES string of the molecule is COc1ccc2nnc(CCCC(=O)NCc3ccccc3Cl)n2n1. The number of rotatable bonds is 7. The molecular weight excluding hydrogens is 342 g/mol. The molecule has 0 fully saturated rings. The van der Waals surface area contributed by atoms with E-state index < -0.39 is 0 Å². The van der Waals surface area contributed by atoms with Crippen molar-refractivity contribution in [3.63, 3.8) is 0 Å². The molecule has 0 saturated carbocycles. The Kier molecular flexibility index (Phi) is 5.45. The van der Waals surface area contributed by atoms with Gasteiger partial charge < -0.3 is 10.1 Å². The van der Waals surface area contributed by atoms with Crippen molar-refractivity contribution < 1.29 is 9.53 Å². The van der Waals surface area contributed by atoms with Gasteiger partial charge in [0.05, 0.1) is 7.11 Å². The third-order valence-electron chi connectivity index (χ3n) is 3.75. The summed E-state index contributed by atoms with van der Waals surface area (Å²) in [5.74, 6) is 1.16. The van der Waals surface area contributed by atoms with Crippen LogP contribution >= 0.6 is 11.6 Å². The van der Waals surface area contributed by atoms with Gasteiger partial charge in [-0.3, -0.25) is 4.79 Å². The van der Waals surface area contributed by atoms with E-state index in [1.165, 1.54) is 0 Å². The standard InChI is InChI=1S/C17H18ClN5O2/c1-25-17-10-9-15-21-20-14(23(15)22-17)7-4-8-16(24)19-11-12-5-2-3-6-13(12)18/h2-3,5-6,9-10H,4,7-8,11H2,1H3,(H,19,24). The van der Waals surface area contributed by atoms with Gasteiger partial charge in [-0.2, -0.15) is 4.52 Å². The first-order valence-electron chi connectivity index (χ1n) is 7.93. The van der Waals surface area contributed by atoms with Crippen molar-refractivity contribution in [2.45, 2.75) is 25.8 Å². The lowest BCUT2D eigenvalue weighted by Gasteiger charge is -2.06. The lowest BCUT2D eigenvalue weighted by molar-refractivity contribution is -0.121. The molecule has 0 saturated heterocycles. The van der Waals surface area contributed by atoms with Gasteiger partial charge in [0, 0.05) is 30.5 Å². The zero-order valence-corrected chi connectivity index (χ0v) is 14.5. The van der Waals surface area contributed by atoms with E-state index in [9.17, 15) is 4.79 Å². The number of fused-ring (bicyclic) bond motifs is 1. The van der Waals surface area contributed by atoms with Crippen molar-refractivity contribution in [2.75, 3.05) is 7.11 Å². The Bertz CT molecular complexity index is 880. The first kappa shape index (κ1) is 17.2. The summed E-state index contributed by atoms with van der Waals surface area (Å²) in [6, 6.07) is 11.0. The molecular formula is C17H18ClN5O2. The molecule has 0 aliphatic carbocycles. The first-order chi connectivity index (χ1) is 12.2. The van der Waals surface area contributed by atoms with Crippen LogP contribution in [0.3, 0.4) is 0 Å². The number of nitrogens with one attached hydrogen (secondary N) is 1. The molecule has 1 aromatic carbocycles. The predicted octanol–water partition coefficient (Wildman–Crippen LogP) is 2.43. The highest BCUT2D eigenvalue weighted by Gasteiger charge is 2.09. The summed E-state index contributed by atoms with van der Waals surface area (Å²) in [6.07, 6.45) is 1.64. The van der Waals surface area contributed by atoms with E-state index in [-0.39, 0.29) is 5.91 Å². The number of benzene rings is 1. The molecule has 0 radical (unpaired) electrons.